The molecule has 0 bridgehead atoms. The molecule has 108 valence electrons. The number of methoxy groups -OCH3 is 2. The summed E-state index contributed by atoms with van der Waals surface area (Å²) in [4.78, 5) is 0. The standard InChI is InChI=1S/C15H24FNO2/c1-14(2,17)9-10-7-13(19-6)11(15(3,4)16)8-12(10)18-5/h7-8H,9,17H2,1-6H3. The lowest BCUT2D eigenvalue weighted by Gasteiger charge is -2.24. The average molecular weight is 269 g/mol. The Kier molecular flexibility index (Phi) is 4.46. The normalized spacial score (nSPS) is 12.4. The van der Waals surface area contributed by atoms with Gasteiger partial charge in [-0.1, -0.05) is 0 Å². The zero-order valence-electron chi connectivity index (χ0n) is 12.6. The topological polar surface area (TPSA) is 44.5 Å². The minimum absolute atomic E-state index is 0.370. The van der Waals surface area contributed by atoms with Gasteiger partial charge in [0, 0.05) is 11.1 Å². The van der Waals surface area contributed by atoms with Gasteiger partial charge in [0.15, 0.2) is 0 Å². The third kappa shape index (κ3) is 4.10. The molecule has 0 saturated carbocycles. The van der Waals surface area contributed by atoms with Crippen molar-refractivity contribution in [3.63, 3.8) is 0 Å². The highest BCUT2D eigenvalue weighted by Gasteiger charge is 2.26. The molecule has 19 heavy (non-hydrogen) atoms. The van der Waals surface area contributed by atoms with Gasteiger partial charge in [0.05, 0.1) is 14.2 Å². The maximum absolute atomic E-state index is 14.2. The van der Waals surface area contributed by atoms with Crippen LogP contribution in [0.3, 0.4) is 0 Å². The molecule has 0 aliphatic heterocycles. The van der Waals surface area contributed by atoms with Crippen LogP contribution in [0, 0.1) is 0 Å². The summed E-state index contributed by atoms with van der Waals surface area (Å²) in [7, 11) is 3.11. The third-order valence-corrected chi connectivity index (χ3v) is 2.89. The van der Waals surface area contributed by atoms with Crippen molar-refractivity contribution in [1.29, 1.82) is 0 Å². The Morgan fingerprint density at radius 3 is 1.95 bits per heavy atom. The van der Waals surface area contributed by atoms with Crippen LogP contribution in [-0.4, -0.2) is 19.8 Å². The van der Waals surface area contributed by atoms with E-state index in [0.717, 1.165) is 5.56 Å². The van der Waals surface area contributed by atoms with Crippen LogP contribution < -0.4 is 15.2 Å². The first kappa shape index (κ1) is 15.8. The molecule has 0 atom stereocenters. The number of ether oxygens (including phenoxy) is 2. The fraction of sp³-hybridized carbons (Fsp3) is 0.600. The highest BCUT2D eigenvalue weighted by Crippen LogP contribution is 2.38. The summed E-state index contributed by atoms with van der Waals surface area (Å²) in [6, 6.07) is 3.50. The van der Waals surface area contributed by atoms with E-state index in [-0.39, 0.29) is 5.54 Å². The monoisotopic (exact) mass is 269 g/mol. The number of halogens is 1. The van der Waals surface area contributed by atoms with E-state index in [1.807, 2.05) is 19.9 Å². The van der Waals surface area contributed by atoms with Crippen LogP contribution in [0.25, 0.3) is 0 Å². The van der Waals surface area contributed by atoms with Crippen LogP contribution in [0.5, 0.6) is 11.5 Å². The van der Waals surface area contributed by atoms with Crippen LogP contribution in [-0.2, 0) is 12.1 Å². The van der Waals surface area contributed by atoms with E-state index < -0.39 is 5.67 Å². The number of benzene rings is 1. The van der Waals surface area contributed by atoms with Gasteiger partial charge in [0.25, 0.3) is 0 Å². The fourth-order valence-electron chi connectivity index (χ4n) is 2.05. The number of nitrogens with two attached hydrogens (primary N) is 1. The molecule has 0 aromatic heterocycles. The lowest BCUT2D eigenvalue weighted by Crippen LogP contribution is -2.34. The van der Waals surface area contributed by atoms with Gasteiger partial charge in [-0.3, -0.25) is 0 Å². The Morgan fingerprint density at radius 2 is 1.58 bits per heavy atom. The van der Waals surface area contributed by atoms with Gasteiger partial charge in [-0.05, 0) is 51.8 Å². The summed E-state index contributed by atoms with van der Waals surface area (Å²) >= 11 is 0. The maximum atomic E-state index is 14.2. The number of alkyl halides is 1. The van der Waals surface area contributed by atoms with E-state index in [1.54, 1.807) is 13.2 Å². The predicted molar refractivity (Wildman–Crippen MR) is 75.7 cm³/mol. The second-order valence-corrected chi connectivity index (χ2v) is 6.00. The molecule has 0 unspecified atom stereocenters. The van der Waals surface area contributed by atoms with Crippen LogP contribution in [0.1, 0.15) is 38.8 Å². The molecule has 0 heterocycles. The third-order valence-electron chi connectivity index (χ3n) is 2.89. The summed E-state index contributed by atoms with van der Waals surface area (Å²) in [5.74, 6) is 1.16. The molecule has 0 aliphatic carbocycles. The van der Waals surface area contributed by atoms with E-state index in [9.17, 15) is 4.39 Å². The van der Waals surface area contributed by atoms with Crippen molar-refractivity contribution in [2.75, 3.05) is 14.2 Å². The maximum Gasteiger partial charge on any atom is 0.134 e. The molecule has 2 N–H and O–H groups in total. The zero-order valence-corrected chi connectivity index (χ0v) is 12.6. The van der Waals surface area contributed by atoms with Crippen LogP contribution in [0.15, 0.2) is 12.1 Å². The molecule has 1 aromatic rings. The van der Waals surface area contributed by atoms with Gasteiger partial charge in [-0.15, -0.1) is 0 Å². The Hall–Kier alpha value is -1.29. The zero-order chi connectivity index (χ0) is 14.8. The van der Waals surface area contributed by atoms with Gasteiger partial charge in [0.1, 0.15) is 17.2 Å². The largest absolute Gasteiger partial charge is 0.496 e. The van der Waals surface area contributed by atoms with Crippen molar-refractivity contribution in [1.82, 2.24) is 0 Å². The quantitative estimate of drug-likeness (QED) is 0.892. The smallest absolute Gasteiger partial charge is 0.134 e. The highest BCUT2D eigenvalue weighted by atomic mass is 19.1. The average Bonchev–Trinajstić information content (AvgIpc) is 2.24. The van der Waals surface area contributed by atoms with Gasteiger partial charge in [0.2, 0.25) is 0 Å². The van der Waals surface area contributed by atoms with Crippen molar-refractivity contribution in [2.45, 2.75) is 45.3 Å². The lowest BCUT2D eigenvalue weighted by molar-refractivity contribution is 0.212. The first-order valence-electron chi connectivity index (χ1n) is 6.31. The highest BCUT2D eigenvalue weighted by molar-refractivity contribution is 5.49. The van der Waals surface area contributed by atoms with E-state index in [2.05, 4.69) is 0 Å². The second-order valence-electron chi connectivity index (χ2n) is 6.00. The molecule has 0 radical (unpaired) electrons. The lowest BCUT2D eigenvalue weighted by atomic mass is 9.91. The molecule has 0 fully saturated rings. The van der Waals surface area contributed by atoms with Crippen LogP contribution in [0.2, 0.25) is 0 Å². The predicted octanol–water partition coefficient (Wildman–Crippen LogP) is 3.19. The summed E-state index contributed by atoms with van der Waals surface area (Å²) in [6.45, 7) is 6.87. The SMILES string of the molecule is COc1cc(C(C)(C)F)c(OC)cc1CC(C)(C)N. The Balaban J connectivity index is 3.36. The van der Waals surface area contributed by atoms with Gasteiger partial charge < -0.3 is 15.2 Å². The van der Waals surface area contributed by atoms with E-state index in [1.165, 1.54) is 21.0 Å². The summed E-state index contributed by atoms with van der Waals surface area (Å²) in [6.07, 6.45) is 0.625. The second kappa shape index (κ2) is 5.37. The Morgan fingerprint density at radius 1 is 1.05 bits per heavy atom. The molecular formula is C15H24FNO2. The summed E-state index contributed by atoms with van der Waals surface area (Å²) < 4.78 is 24.8. The molecule has 0 saturated heterocycles. The van der Waals surface area contributed by atoms with E-state index >= 15 is 0 Å². The summed E-state index contributed by atoms with van der Waals surface area (Å²) in [5.41, 5.74) is 5.57. The number of rotatable bonds is 5. The molecule has 0 aliphatic rings. The Labute approximate surface area is 114 Å². The molecule has 4 heteroatoms. The first-order chi connectivity index (χ1) is 8.58. The van der Waals surface area contributed by atoms with Crippen molar-refractivity contribution < 1.29 is 13.9 Å². The molecule has 3 nitrogen and oxygen atoms in total. The van der Waals surface area contributed by atoms with Crippen molar-refractivity contribution in [3.05, 3.63) is 23.3 Å². The number of hydrogen-bond donors (Lipinski definition) is 1. The molecule has 0 amide bonds. The van der Waals surface area contributed by atoms with Crippen molar-refractivity contribution in [3.8, 4) is 11.5 Å². The molecular weight excluding hydrogens is 245 g/mol. The van der Waals surface area contributed by atoms with Crippen molar-refractivity contribution in [2.24, 2.45) is 5.73 Å². The molecule has 1 aromatic carbocycles. The van der Waals surface area contributed by atoms with Gasteiger partial charge >= 0.3 is 0 Å². The number of hydrogen-bond acceptors (Lipinski definition) is 3. The first-order valence-corrected chi connectivity index (χ1v) is 6.31. The van der Waals surface area contributed by atoms with Crippen LogP contribution in [0.4, 0.5) is 4.39 Å². The van der Waals surface area contributed by atoms with Gasteiger partial charge in [-0.25, -0.2) is 4.39 Å². The van der Waals surface area contributed by atoms with Gasteiger partial charge in [-0.2, -0.15) is 0 Å². The fourth-order valence-corrected chi connectivity index (χ4v) is 2.05. The van der Waals surface area contributed by atoms with Crippen molar-refractivity contribution >= 4 is 0 Å². The Bertz CT molecular complexity index is 445. The minimum Gasteiger partial charge on any atom is -0.496 e. The van der Waals surface area contributed by atoms with E-state index in [0.29, 0.717) is 23.5 Å². The minimum atomic E-state index is -1.49. The molecule has 1 rings (SSSR count). The van der Waals surface area contributed by atoms with Crippen LogP contribution >= 0.6 is 0 Å². The molecule has 0 spiro atoms. The summed E-state index contributed by atoms with van der Waals surface area (Å²) in [5, 5.41) is 0. The van der Waals surface area contributed by atoms with E-state index in [4.69, 9.17) is 15.2 Å².